The van der Waals surface area contributed by atoms with Gasteiger partial charge in [-0.1, -0.05) is 29.3 Å². The lowest BCUT2D eigenvalue weighted by atomic mass is 9.90. The zero-order valence-electron chi connectivity index (χ0n) is 17.2. The highest BCUT2D eigenvalue weighted by molar-refractivity contribution is 6.39. The van der Waals surface area contributed by atoms with Crippen molar-refractivity contribution in [1.82, 2.24) is 4.90 Å². The first-order valence-electron chi connectivity index (χ1n) is 10.5. The molecule has 1 unspecified atom stereocenters. The normalized spacial score (nSPS) is 20.6. The Morgan fingerprint density at radius 3 is 2.30 bits per heavy atom. The lowest BCUT2D eigenvalue weighted by molar-refractivity contribution is 0.313. The Morgan fingerprint density at radius 2 is 1.63 bits per heavy atom. The van der Waals surface area contributed by atoms with Gasteiger partial charge in [0.2, 0.25) is 0 Å². The minimum atomic E-state index is -0.541. The second kappa shape index (κ2) is 9.29. The van der Waals surface area contributed by atoms with E-state index in [0.29, 0.717) is 22.0 Å². The molecule has 7 heteroatoms. The first-order valence-corrected chi connectivity index (χ1v) is 11.3. The predicted octanol–water partition coefficient (Wildman–Crippen LogP) is 5.48. The Morgan fingerprint density at radius 1 is 0.933 bits per heavy atom. The van der Waals surface area contributed by atoms with Crippen LogP contribution in [-0.2, 0) is 6.42 Å². The predicted molar refractivity (Wildman–Crippen MR) is 121 cm³/mol. The fraction of sp³-hybridized carbons (Fsp3) is 0.478. The monoisotopic (exact) mass is 453 g/mol. The Bertz CT molecular complexity index is 877. The number of anilines is 2. The summed E-state index contributed by atoms with van der Waals surface area (Å²) in [6, 6.07) is 7.85. The van der Waals surface area contributed by atoms with Crippen molar-refractivity contribution in [3.63, 3.8) is 0 Å². The molecule has 1 atom stereocenters. The van der Waals surface area contributed by atoms with Crippen LogP contribution in [0.25, 0.3) is 0 Å². The molecule has 0 radical (unpaired) electrons. The van der Waals surface area contributed by atoms with Gasteiger partial charge in [-0.3, -0.25) is 0 Å². The number of rotatable bonds is 4. The maximum absolute atomic E-state index is 14.1. The van der Waals surface area contributed by atoms with Crippen molar-refractivity contribution in [2.45, 2.75) is 19.3 Å². The third-order valence-electron chi connectivity index (χ3n) is 6.23. The molecule has 0 amide bonds. The molecule has 4 rings (SSSR count). The maximum Gasteiger partial charge on any atom is 0.129 e. The number of hydrogen-bond acceptors (Lipinski definition) is 3. The summed E-state index contributed by atoms with van der Waals surface area (Å²) in [6.45, 7) is 5.57. The number of hydrogen-bond donors (Lipinski definition) is 0. The van der Waals surface area contributed by atoms with E-state index in [1.807, 2.05) is 12.1 Å². The molecular weight excluding hydrogens is 427 g/mol. The maximum atomic E-state index is 14.1. The summed E-state index contributed by atoms with van der Waals surface area (Å²) in [5, 5.41) is 1.31. The summed E-state index contributed by atoms with van der Waals surface area (Å²) >= 11 is 13.4. The summed E-state index contributed by atoms with van der Waals surface area (Å²) in [4.78, 5) is 6.85. The lowest BCUT2D eigenvalue weighted by Gasteiger charge is -2.37. The van der Waals surface area contributed by atoms with Crippen molar-refractivity contribution in [3.05, 3.63) is 57.6 Å². The van der Waals surface area contributed by atoms with E-state index in [1.165, 1.54) is 6.07 Å². The second-order valence-corrected chi connectivity index (χ2v) is 9.26. The van der Waals surface area contributed by atoms with Crippen LogP contribution in [-0.4, -0.2) is 51.2 Å². The van der Waals surface area contributed by atoms with Gasteiger partial charge in [-0.2, -0.15) is 0 Å². The fourth-order valence-corrected chi connectivity index (χ4v) is 5.25. The van der Waals surface area contributed by atoms with Gasteiger partial charge in [-0.05, 0) is 56.0 Å². The molecule has 2 fully saturated rings. The molecule has 0 spiro atoms. The molecule has 0 N–H and O–H groups in total. The van der Waals surface area contributed by atoms with Crippen LogP contribution < -0.4 is 9.80 Å². The van der Waals surface area contributed by atoms with Gasteiger partial charge in [-0.25, -0.2) is 8.78 Å². The van der Waals surface area contributed by atoms with Gasteiger partial charge in [0.1, 0.15) is 11.6 Å². The van der Waals surface area contributed by atoms with Crippen LogP contribution in [0.3, 0.4) is 0 Å². The average Bonchev–Trinajstić information content (AvgIpc) is 2.70. The molecule has 2 aromatic rings. The molecule has 0 bridgehead atoms. The summed E-state index contributed by atoms with van der Waals surface area (Å²) in [6.07, 6.45) is 2.57. The largest absolute Gasteiger partial charge is 0.369 e. The highest BCUT2D eigenvalue weighted by Crippen LogP contribution is 2.40. The van der Waals surface area contributed by atoms with Crippen LogP contribution >= 0.6 is 23.2 Å². The molecule has 0 aliphatic carbocycles. The van der Waals surface area contributed by atoms with E-state index in [2.05, 4.69) is 21.7 Å². The smallest absolute Gasteiger partial charge is 0.129 e. The van der Waals surface area contributed by atoms with E-state index in [1.54, 1.807) is 6.07 Å². The molecule has 2 saturated heterocycles. The molecule has 2 aromatic carbocycles. The van der Waals surface area contributed by atoms with Gasteiger partial charge < -0.3 is 14.7 Å². The van der Waals surface area contributed by atoms with Gasteiger partial charge in [0.25, 0.3) is 0 Å². The lowest BCUT2D eigenvalue weighted by Crippen LogP contribution is -2.44. The van der Waals surface area contributed by atoms with Crippen LogP contribution in [0.5, 0.6) is 0 Å². The van der Waals surface area contributed by atoms with E-state index in [4.69, 9.17) is 23.2 Å². The minimum absolute atomic E-state index is 0.267. The van der Waals surface area contributed by atoms with Crippen molar-refractivity contribution in [2.24, 2.45) is 5.92 Å². The minimum Gasteiger partial charge on any atom is -0.369 e. The molecule has 3 nitrogen and oxygen atoms in total. The fourth-order valence-electron chi connectivity index (χ4n) is 4.53. The van der Waals surface area contributed by atoms with E-state index in [0.717, 1.165) is 69.6 Å². The molecule has 0 aromatic heterocycles. The van der Waals surface area contributed by atoms with Gasteiger partial charge in [0.05, 0.1) is 15.7 Å². The summed E-state index contributed by atoms with van der Waals surface area (Å²) in [7, 11) is 2.13. The summed E-state index contributed by atoms with van der Waals surface area (Å²) < 4.78 is 27.3. The summed E-state index contributed by atoms with van der Waals surface area (Å²) in [5.74, 6) is -0.747. The summed E-state index contributed by atoms with van der Waals surface area (Å²) in [5.41, 5.74) is 2.48. The number of benzene rings is 2. The first-order chi connectivity index (χ1) is 14.4. The zero-order valence-corrected chi connectivity index (χ0v) is 18.7. The van der Waals surface area contributed by atoms with Crippen LogP contribution in [0.1, 0.15) is 18.4 Å². The van der Waals surface area contributed by atoms with E-state index < -0.39 is 11.6 Å². The van der Waals surface area contributed by atoms with Crippen molar-refractivity contribution in [3.8, 4) is 0 Å². The Labute approximate surface area is 187 Å². The third-order valence-corrected chi connectivity index (χ3v) is 6.81. The quantitative estimate of drug-likeness (QED) is 0.606. The van der Waals surface area contributed by atoms with Crippen molar-refractivity contribution < 1.29 is 8.78 Å². The van der Waals surface area contributed by atoms with E-state index in [-0.39, 0.29) is 5.92 Å². The molecule has 0 saturated carbocycles. The molecule has 30 heavy (non-hydrogen) atoms. The van der Waals surface area contributed by atoms with E-state index in [9.17, 15) is 8.78 Å². The van der Waals surface area contributed by atoms with Crippen LogP contribution in [0.15, 0.2) is 30.3 Å². The second-order valence-electron chi connectivity index (χ2n) is 8.44. The number of nitrogens with zero attached hydrogens (tertiary/aromatic N) is 3. The zero-order chi connectivity index (χ0) is 21.3. The molecule has 162 valence electrons. The van der Waals surface area contributed by atoms with Crippen LogP contribution in [0.4, 0.5) is 20.2 Å². The van der Waals surface area contributed by atoms with Crippen LogP contribution in [0, 0.1) is 17.6 Å². The molecular formula is C23H27Cl2F2N3. The van der Waals surface area contributed by atoms with Crippen molar-refractivity contribution in [1.29, 1.82) is 0 Å². The molecule has 2 aliphatic heterocycles. The molecule has 2 aliphatic rings. The Kier molecular flexibility index (Phi) is 6.71. The number of piperazine rings is 1. The van der Waals surface area contributed by atoms with Gasteiger partial charge in [0, 0.05) is 51.0 Å². The topological polar surface area (TPSA) is 9.72 Å². The van der Waals surface area contributed by atoms with Crippen LogP contribution in [0.2, 0.25) is 10.0 Å². The van der Waals surface area contributed by atoms with Gasteiger partial charge in [-0.15, -0.1) is 0 Å². The SMILES string of the molecule is CN1CCN(c2cc(Cl)c(N3CCCC(Cc4ccc(F)cc4F)C3)c(Cl)c2)CC1. The standard InChI is InChI=1S/C23H27Cl2F2N3/c1-28-7-9-29(10-8-28)19-13-20(24)23(21(25)14-19)30-6-2-3-16(15-30)11-17-4-5-18(26)12-22(17)27/h4-5,12-14,16H,2-3,6-11,15H2,1H3. The number of likely N-dealkylation sites (N-methyl/N-ethyl adjacent to an activating group) is 1. The number of halogens is 4. The Hall–Kier alpha value is -1.56. The van der Waals surface area contributed by atoms with Crippen molar-refractivity contribution >= 4 is 34.6 Å². The van der Waals surface area contributed by atoms with E-state index >= 15 is 0 Å². The average molecular weight is 454 g/mol. The Balaban J connectivity index is 1.49. The number of piperidine rings is 1. The van der Waals surface area contributed by atoms with Gasteiger partial charge in [0.15, 0.2) is 0 Å². The van der Waals surface area contributed by atoms with Crippen molar-refractivity contribution in [2.75, 3.05) is 56.1 Å². The first kappa shape index (κ1) is 21.7. The third kappa shape index (κ3) is 4.84. The highest BCUT2D eigenvalue weighted by atomic mass is 35.5. The molecule has 2 heterocycles. The highest BCUT2D eigenvalue weighted by Gasteiger charge is 2.26. The van der Waals surface area contributed by atoms with Gasteiger partial charge >= 0.3 is 0 Å².